The predicted octanol–water partition coefficient (Wildman–Crippen LogP) is 3.66. The minimum absolute atomic E-state index is 0.0591. The van der Waals surface area contributed by atoms with E-state index in [2.05, 4.69) is 36.3 Å². The quantitative estimate of drug-likeness (QED) is 0.506. The van der Waals surface area contributed by atoms with E-state index in [9.17, 15) is 9.59 Å². The van der Waals surface area contributed by atoms with Gasteiger partial charge < -0.3 is 5.32 Å². The fourth-order valence-corrected chi connectivity index (χ4v) is 5.00. The van der Waals surface area contributed by atoms with Crippen LogP contribution in [0.4, 0.5) is 0 Å². The van der Waals surface area contributed by atoms with Crippen molar-refractivity contribution >= 4 is 22.2 Å². The molecule has 1 aliphatic carbocycles. The van der Waals surface area contributed by atoms with Gasteiger partial charge in [-0.2, -0.15) is 5.10 Å². The molecule has 0 bridgehead atoms. The molecule has 0 unspecified atom stereocenters. The van der Waals surface area contributed by atoms with Crippen molar-refractivity contribution in [3.05, 3.63) is 68.2 Å². The Morgan fingerprint density at radius 3 is 2.69 bits per heavy atom. The number of carbonyl (C=O) groups excluding carboxylic acids is 1. The standard InChI is InChI=1S/C24H25N5O2S/c1-13-5-8-20(14(2)9-13)29-15(3)10-19(27-29)22-16(4)25-24-28(23(22)31)18(12-32-24)11-21(30)26-17-6-7-17/h5,8-10,12,17H,6-7,11H2,1-4H3,(H,26,30). The van der Waals surface area contributed by atoms with Crippen LogP contribution in [0.5, 0.6) is 0 Å². The van der Waals surface area contributed by atoms with Crippen molar-refractivity contribution in [2.24, 2.45) is 0 Å². The summed E-state index contributed by atoms with van der Waals surface area (Å²) in [6.07, 6.45) is 2.23. The number of rotatable bonds is 5. The number of hydrogen-bond donors (Lipinski definition) is 1. The van der Waals surface area contributed by atoms with Gasteiger partial charge in [-0.05, 0) is 58.2 Å². The zero-order valence-corrected chi connectivity index (χ0v) is 19.4. The van der Waals surface area contributed by atoms with Crippen molar-refractivity contribution in [3.8, 4) is 16.9 Å². The Morgan fingerprint density at radius 1 is 1.19 bits per heavy atom. The summed E-state index contributed by atoms with van der Waals surface area (Å²) >= 11 is 1.38. The number of thiazole rings is 1. The Labute approximate surface area is 189 Å². The molecular weight excluding hydrogens is 422 g/mol. The van der Waals surface area contributed by atoms with E-state index in [1.165, 1.54) is 16.9 Å². The third-order valence-electron chi connectivity index (χ3n) is 5.83. The van der Waals surface area contributed by atoms with Crippen molar-refractivity contribution in [2.75, 3.05) is 0 Å². The molecule has 164 valence electrons. The smallest absolute Gasteiger partial charge is 0.268 e. The van der Waals surface area contributed by atoms with Crippen molar-refractivity contribution in [1.29, 1.82) is 0 Å². The molecule has 1 aliphatic rings. The zero-order chi connectivity index (χ0) is 22.6. The van der Waals surface area contributed by atoms with E-state index in [1.807, 2.05) is 36.0 Å². The Morgan fingerprint density at radius 2 is 1.97 bits per heavy atom. The molecule has 7 nitrogen and oxygen atoms in total. The van der Waals surface area contributed by atoms with Crippen LogP contribution in [0.1, 0.15) is 41.1 Å². The van der Waals surface area contributed by atoms with Gasteiger partial charge in [-0.25, -0.2) is 9.67 Å². The molecule has 0 saturated heterocycles. The summed E-state index contributed by atoms with van der Waals surface area (Å²) in [5.41, 5.74) is 6.39. The van der Waals surface area contributed by atoms with Crippen LogP contribution in [-0.2, 0) is 11.2 Å². The summed E-state index contributed by atoms with van der Waals surface area (Å²) in [5, 5.41) is 9.61. The molecule has 4 aromatic rings. The number of benzene rings is 1. The molecule has 0 atom stereocenters. The zero-order valence-electron chi connectivity index (χ0n) is 18.6. The van der Waals surface area contributed by atoms with Gasteiger partial charge in [-0.3, -0.25) is 14.0 Å². The molecule has 0 radical (unpaired) electrons. The Bertz CT molecular complexity index is 1420. The van der Waals surface area contributed by atoms with E-state index in [-0.39, 0.29) is 23.9 Å². The van der Waals surface area contributed by atoms with Crippen LogP contribution in [0.3, 0.4) is 0 Å². The molecule has 5 rings (SSSR count). The van der Waals surface area contributed by atoms with Gasteiger partial charge in [-0.15, -0.1) is 11.3 Å². The summed E-state index contributed by atoms with van der Waals surface area (Å²) in [6.45, 7) is 7.93. The average Bonchev–Trinajstić information content (AvgIpc) is 3.32. The molecule has 3 heterocycles. The number of aromatic nitrogens is 4. The minimum atomic E-state index is -0.187. The number of amides is 1. The van der Waals surface area contributed by atoms with E-state index in [0.717, 1.165) is 29.8 Å². The second kappa shape index (κ2) is 7.70. The molecule has 1 aromatic carbocycles. The fraction of sp³-hybridized carbons (Fsp3) is 0.333. The van der Waals surface area contributed by atoms with Crippen molar-refractivity contribution < 1.29 is 4.79 Å². The third-order valence-corrected chi connectivity index (χ3v) is 6.70. The molecule has 1 fully saturated rings. The number of nitrogens with zero attached hydrogens (tertiary/aromatic N) is 4. The van der Waals surface area contributed by atoms with Crippen molar-refractivity contribution in [1.82, 2.24) is 24.5 Å². The largest absolute Gasteiger partial charge is 0.353 e. The topological polar surface area (TPSA) is 81.3 Å². The molecule has 0 aliphatic heterocycles. The van der Waals surface area contributed by atoms with E-state index in [4.69, 9.17) is 5.10 Å². The van der Waals surface area contributed by atoms with Crippen LogP contribution in [0.25, 0.3) is 21.9 Å². The van der Waals surface area contributed by atoms with Crippen LogP contribution in [-0.4, -0.2) is 31.1 Å². The van der Waals surface area contributed by atoms with E-state index >= 15 is 0 Å². The minimum Gasteiger partial charge on any atom is -0.353 e. The highest BCUT2D eigenvalue weighted by Gasteiger charge is 2.25. The summed E-state index contributed by atoms with van der Waals surface area (Å²) < 4.78 is 3.43. The normalized spacial score (nSPS) is 13.6. The number of fused-ring (bicyclic) bond motifs is 1. The van der Waals surface area contributed by atoms with Gasteiger partial charge in [0.25, 0.3) is 5.56 Å². The van der Waals surface area contributed by atoms with Gasteiger partial charge in [0.05, 0.1) is 23.4 Å². The van der Waals surface area contributed by atoms with E-state index < -0.39 is 0 Å². The number of carbonyl (C=O) groups is 1. The maximum Gasteiger partial charge on any atom is 0.268 e. The Kier molecular flexibility index (Phi) is 4.97. The summed E-state index contributed by atoms with van der Waals surface area (Å²) in [5.74, 6) is -0.0591. The molecule has 1 amide bonds. The Hall–Kier alpha value is -3.26. The molecule has 0 spiro atoms. The molecule has 8 heteroatoms. The molecule has 1 saturated carbocycles. The first-order valence-electron chi connectivity index (χ1n) is 10.8. The van der Waals surface area contributed by atoms with Gasteiger partial charge in [-0.1, -0.05) is 17.7 Å². The van der Waals surface area contributed by atoms with Gasteiger partial charge in [0.15, 0.2) is 4.96 Å². The number of hydrogen-bond acceptors (Lipinski definition) is 5. The first kappa shape index (κ1) is 20.6. The third kappa shape index (κ3) is 3.64. The summed E-state index contributed by atoms with van der Waals surface area (Å²) in [7, 11) is 0. The lowest BCUT2D eigenvalue weighted by molar-refractivity contribution is -0.120. The first-order chi connectivity index (χ1) is 15.3. The molecule has 3 aromatic heterocycles. The lowest BCUT2D eigenvalue weighted by Crippen LogP contribution is -2.29. The van der Waals surface area contributed by atoms with Crippen molar-refractivity contribution in [3.63, 3.8) is 0 Å². The fourth-order valence-electron chi connectivity index (χ4n) is 4.08. The number of aryl methyl sites for hydroxylation is 4. The average molecular weight is 448 g/mol. The highest BCUT2D eigenvalue weighted by Crippen LogP contribution is 2.25. The van der Waals surface area contributed by atoms with Gasteiger partial charge in [0.2, 0.25) is 5.91 Å². The second-order valence-corrected chi connectivity index (χ2v) is 9.45. The van der Waals surface area contributed by atoms with Gasteiger partial charge >= 0.3 is 0 Å². The molecule has 32 heavy (non-hydrogen) atoms. The lowest BCUT2D eigenvalue weighted by Gasteiger charge is -2.09. The summed E-state index contributed by atoms with van der Waals surface area (Å²) in [4.78, 5) is 31.2. The van der Waals surface area contributed by atoms with Crippen LogP contribution in [0.2, 0.25) is 0 Å². The maximum absolute atomic E-state index is 13.6. The Balaban J connectivity index is 1.59. The van der Waals surface area contributed by atoms with Crippen LogP contribution in [0.15, 0.2) is 34.4 Å². The summed E-state index contributed by atoms with van der Waals surface area (Å²) in [6, 6.07) is 8.43. The van der Waals surface area contributed by atoms with Gasteiger partial charge in [0, 0.05) is 22.8 Å². The highest BCUT2D eigenvalue weighted by molar-refractivity contribution is 7.15. The molecule has 1 N–H and O–H groups in total. The maximum atomic E-state index is 13.6. The SMILES string of the molecule is Cc1ccc(-n2nc(-c3c(C)nc4scc(CC(=O)NC5CC5)n4c3=O)cc2C)c(C)c1. The number of nitrogens with one attached hydrogen (secondary N) is 1. The van der Waals surface area contributed by atoms with Crippen molar-refractivity contribution in [2.45, 2.75) is 53.0 Å². The van der Waals surface area contributed by atoms with Crippen LogP contribution >= 0.6 is 11.3 Å². The van der Waals surface area contributed by atoms with Crippen LogP contribution < -0.4 is 10.9 Å². The predicted molar refractivity (Wildman–Crippen MR) is 126 cm³/mol. The molecular formula is C24H25N5O2S. The lowest BCUT2D eigenvalue weighted by atomic mass is 10.1. The highest BCUT2D eigenvalue weighted by atomic mass is 32.1. The monoisotopic (exact) mass is 447 g/mol. The first-order valence-corrected chi connectivity index (χ1v) is 11.6. The van der Waals surface area contributed by atoms with Gasteiger partial charge in [0.1, 0.15) is 5.69 Å². The van der Waals surface area contributed by atoms with E-state index in [1.54, 1.807) is 4.40 Å². The second-order valence-electron chi connectivity index (χ2n) is 8.61. The van der Waals surface area contributed by atoms with Crippen LogP contribution in [0, 0.1) is 27.7 Å². The van der Waals surface area contributed by atoms with E-state index in [0.29, 0.717) is 27.6 Å².